The second-order valence-electron chi connectivity index (χ2n) is 8.15. The van der Waals surface area contributed by atoms with Gasteiger partial charge in [0.1, 0.15) is 0 Å². The maximum Gasteiger partial charge on any atom is 0.257 e. The first kappa shape index (κ1) is 18.2. The van der Waals surface area contributed by atoms with Crippen molar-refractivity contribution in [3.63, 3.8) is 0 Å². The number of nitrogens with zero attached hydrogens (tertiary/aromatic N) is 4. The Bertz CT molecular complexity index is 903. The predicted octanol–water partition coefficient (Wildman–Crippen LogP) is 1.61. The number of carbonyl (C=O) groups is 2. The Balaban J connectivity index is 1.47. The highest BCUT2D eigenvalue weighted by Gasteiger charge is 2.58. The summed E-state index contributed by atoms with van der Waals surface area (Å²) in [4.78, 5) is 38.5. The number of aromatic nitrogens is 2. The first-order valence-corrected chi connectivity index (χ1v) is 10.2. The lowest BCUT2D eigenvalue weighted by molar-refractivity contribution is -0.173. The van der Waals surface area contributed by atoms with E-state index in [0.29, 0.717) is 32.8 Å². The van der Waals surface area contributed by atoms with Gasteiger partial charge in [-0.3, -0.25) is 19.6 Å². The molecular formula is C22H24N4O3. The van der Waals surface area contributed by atoms with E-state index in [0.717, 1.165) is 24.0 Å². The number of rotatable bonds is 4. The zero-order valence-corrected chi connectivity index (χ0v) is 16.2. The van der Waals surface area contributed by atoms with Crippen molar-refractivity contribution in [1.82, 2.24) is 19.8 Å². The van der Waals surface area contributed by atoms with Gasteiger partial charge in [-0.25, -0.2) is 0 Å². The number of carbonyl (C=O) groups excluding carboxylic acids is 2. The molecule has 2 aliphatic heterocycles. The van der Waals surface area contributed by atoms with Gasteiger partial charge in [-0.2, -0.15) is 0 Å². The lowest BCUT2D eigenvalue weighted by Crippen LogP contribution is -2.60. The second kappa shape index (κ2) is 7.22. The number of amides is 2. The number of hydrogen-bond acceptors (Lipinski definition) is 5. The minimum atomic E-state index is -1.04. The minimum absolute atomic E-state index is 0.0412. The molecule has 29 heavy (non-hydrogen) atoms. The monoisotopic (exact) mass is 392 g/mol. The lowest BCUT2D eigenvalue weighted by Gasteiger charge is -2.42. The summed E-state index contributed by atoms with van der Waals surface area (Å²) >= 11 is 0. The molecule has 2 saturated heterocycles. The Labute approximate surface area is 169 Å². The molecule has 2 aromatic heterocycles. The topological polar surface area (TPSA) is 75.6 Å². The molecule has 0 bridgehead atoms. The van der Waals surface area contributed by atoms with Crippen LogP contribution in [0.1, 0.15) is 29.9 Å². The summed E-state index contributed by atoms with van der Waals surface area (Å²) in [6.07, 6.45) is 8.87. The first-order valence-electron chi connectivity index (χ1n) is 10.2. The summed E-state index contributed by atoms with van der Waals surface area (Å²) in [5, 5.41) is 0. The summed E-state index contributed by atoms with van der Waals surface area (Å²) in [6.45, 7) is 2.32. The number of pyridine rings is 2. The molecule has 0 aromatic carbocycles. The molecule has 3 fully saturated rings. The lowest BCUT2D eigenvalue weighted by atomic mass is 9.83. The van der Waals surface area contributed by atoms with Crippen molar-refractivity contribution in [2.45, 2.75) is 30.9 Å². The van der Waals surface area contributed by atoms with Crippen LogP contribution in [0.4, 0.5) is 0 Å². The van der Waals surface area contributed by atoms with E-state index in [4.69, 9.17) is 4.74 Å². The maximum absolute atomic E-state index is 13.7. The van der Waals surface area contributed by atoms with Crippen LogP contribution in [0.25, 0.3) is 0 Å². The summed E-state index contributed by atoms with van der Waals surface area (Å²) in [5.41, 5.74) is 0.934. The van der Waals surface area contributed by atoms with Crippen LogP contribution in [-0.2, 0) is 20.9 Å². The Hall–Kier alpha value is -2.80. The summed E-state index contributed by atoms with van der Waals surface area (Å²) in [6, 6.07) is 7.69. The number of likely N-dealkylation sites (tertiary alicyclic amines) is 1. The Morgan fingerprint density at radius 3 is 2.72 bits per heavy atom. The highest BCUT2D eigenvalue weighted by Crippen LogP contribution is 2.44. The van der Waals surface area contributed by atoms with E-state index in [1.807, 2.05) is 34.1 Å². The van der Waals surface area contributed by atoms with Crippen molar-refractivity contribution in [3.05, 3.63) is 60.2 Å². The van der Waals surface area contributed by atoms with Crippen molar-refractivity contribution in [1.29, 1.82) is 0 Å². The van der Waals surface area contributed by atoms with E-state index in [-0.39, 0.29) is 23.7 Å². The van der Waals surface area contributed by atoms with E-state index in [2.05, 4.69) is 9.97 Å². The van der Waals surface area contributed by atoms with Crippen molar-refractivity contribution in [2.24, 2.45) is 5.92 Å². The fraction of sp³-hybridized carbons (Fsp3) is 0.455. The van der Waals surface area contributed by atoms with Gasteiger partial charge < -0.3 is 14.5 Å². The average Bonchev–Trinajstić information content (AvgIpc) is 3.54. The van der Waals surface area contributed by atoms with Crippen molar-refractivity contribution in [3.8, 4) is 0 Å². The van der Waals surface area contributed by atoms with Crippen LogP contribution in [0.2, 0.25) is 0 Å². The Morgan fingerprint density at radius 2 is 2.00 bits per heavy atom. The summed E-state index contributed by atoms with van der Waals surface area (Å²) < 4.78 is 6.23. The molecule has 1 aliphatic carbocycles. The minimum Gasteiger partial charge on any atom is -0.361 e. The molecule has 150 valence electrons. The van der Waals surface area contributed by atoms with E-state index in [1.165, 1.54) is 0 Å². The van der Waals surface area contributed by atoms with E-state index >= 15 is 0 Å². The molecule has 7 heteroatoms. The molecule has 4 heterocycles. The average molecular weight is 392 g/mol. The zero-order chi connectivity index (χ0) is 19.8. The van der Waals surface area contributed by atoms with Crippen molar-refractivity contribution < 1.29 is 14.3 Å². The second-order valence-corrected chi connectivity index (χ2v) is 8.15. The highest BCUT2D eigenvalue weighted by molar-refractivity contribution is 5.90. The number of morpholine rings is 1. The maximum atomic E-state index is 13.7. The molecule has 5 rings (SSSR count). The van der Waals surface area contributed by atoms with Crippen LogP contribution in [-0.4, -0.2) is 63.4 Å². The van der Waals surface area contributed by atoms with Gasteiger partial charge in [0.2, 0.25) is 5.91 Å². The van der Waals surface area contributed by atoms with Gasteiger partial charge in [-0.1, -0.05) is 6.07 Å². The van der Waals surface area contributed by atoms with Gasteiger partial charge in [0.15, 0.2) is 5.60 Å². The van der Waals surface area contributed by atoms with Crippen LogP contribution >= 0.6 is 0 Å². The quantitative estimate of drug-likeness (QED) is 0.790. The van der Waals surface area contributed by atoms with Crippen molar-refractivity contribution >= 4 is 11.8 Å². The highest BCUT2D eigenvalue weighted by atomic mass is 16.5. The number of hydrogen-bond donors (Lipinski definition) is 0. The fourth-order valence-electron chi connectivity index (χ4n) is 4.53. The third kappa shape index (κ3) is 3.29. The van der Waals surface area contributed by atoms with Gasteiger partial charge in [0.05, 0.1) is 13.2 Å². The van der Waals surface area contributed by atoms with Gasteiger partial charge >= 0.3 is 0 Å². The number of ether oxygens (including phenoxy) is 1. The normalized spacial score (nSPS) is 26.9. The fourth-order valence-corrected chi connectivity index (χ4v) is 4.53. The molecule has 7 nitrogen and oxygen atoms in total. The third-order valence-electron chi connectivity index (χ3n) is 6.21. The van der Waals surface area contributed by atoms with Crippen LogP contribution < -0.4 is 0 Å². The van der Waals surface area contributed by atoms with Crippen LogP contribution in [0, 0.1) is 5.92 Å². The van der Waals surface area contributed by atoms with Gasteiger partial charge in [0.25, 0.3) is 5.91 Å². The predicted molar refractivity (Wildman–Crippen MR) is 105 cm³/mol. The molecular weight excluding hydrogens is 368 g/mol. The van der Waals surface area contributed by atoms with Gasteiger partial charge in [0, 0.05) is 56.3 Å². The van der Waals surface area contributed by atoms with Gasteiger partial charge in [-0.05, 0) is 42.2 Å². The molecule has 0 radical (unpaired) electrons. The Morgan fingerprint density at radius 1 is 1.17 bits per heavy atom. The summed E-state index contributed by atoms with van der Waals surface area (Å²) in [5.74, 6) is 0.0110. The van der Waals surface area contributed by atoms with Crippen molar-refractivity contribution in [2.75, 3.05) is 26.2 Å². The molecule has 1 spiro atoms. The molecule has 0 unspecified atom stereocenters. The smallest absolute Gasteiger partial charge is 0.257 e. The van der Waals surface area contributed by atoms with Crippen LogP contribution in [0.5, 0.6) is 0 Å². The molecule has 0 N–H and O–H groups in total. The van der Waals surface area contributed by atoms with E-state index in [1.54, 1.807) is 24.8 Å². The SMILES string of the molecule is O=C(C1CC1)N1C[C@H](c2cccnc2)[C@]2(C1)OCCN(Cc1ccncc1)C2=O. The first-order chi connectivity index (χ1) is 14.2. The van der Waals surface area contributed by atoms with E-state index < -0.39 is 5.60 Å². The molecule has 2 amide bonds. The zero-order valence-electron chi connectivity index (χ0n) is 16.2. The molecule has 1 saturated carbocycles. The largest absolute Gasteiger partial charge is 0.361 e. The van der Waals surface area contributed by atoms with Gasteiger partial charge in [-0.15, -0.1) is 0 Å². The van der Waals surface area contributed by atoms with E-state index in [9.17, 15) is 9.59 Å². The summed E-state index contributed by atoms with van der Waals surface area (Å²) in [7, 11) is 0. The third-order valence-corrected chi connectivity index (χ3v) is 6.21. The molecule has 2 atom stereocenters. The molecule has 3 aliphatic rings. The van der Waals surface area contributed by atoms with Crippen LogP contribution in [0.15, 0.2) is 49.1 Å². The Kier molecular flexibility index (Phi) is 4.54. The van der Waals surface area contributed by atoms with Crippen LogP contribution in [0.3, 0.4) is 0 Å². The standard InChI is InChI=1S/C22H24N4O3/c27-20(17-3-4-17)26-14-19(18-2-1-7-24-12-18)22(15-26)21(28)25(10-11-29-22)13-16-5-8-23-9-6-16/h1-2,5-9,12,17,19H,3-4,10-11,13-15H2/t19-,22+/m1/s1. The molecule has 2 aromatic rings.